The number of nitrogens with two attached hydrogens (primary N) is 1. The molecule has 7 heteroatoms. The van der Waals surface area contributed by atoms with E-state index in [0.29, 0.717) is 23.9 Å². The van der Waals surface area contributed by atoms with Crippen LogP contribution in [0.25, 0.3) is 0 Å². The summed E-state index contributed by atoms with van der Waals surface area (Å²) in [5, 5.41) is 3.86. The van der Waals surface area contributed by atoms with Crippen molar-refractivity contribution >= 4 is 28.2 Å². The molecule has 1 aromatic rings. The average Bonchev–Trinajstić information content (AvgIpc) is 2.91. The number of aromatic nitrogens is 1. The van der Waals surface area contributed by atoms with Crippen molar-refractivity contribution in [2.45, 2.75) is 25.3 Å². The van der Waals surface area contributed by atoms with Crippen molar-refractivity contribution in [3.8, 4) is 0 Å². The Kier molecular flexibility index (Phi) is 4.40. The molecule has 1 fully saturated rings. The number of hydrogen-bond acceptors (Lipinski definition) is 6. The number of carbonyl (C=O) groups is 1. The minimum absolute atomic E-state index is 0.107. The Balaban J connectivity index is 1.68. The fourth-order valence-corrected chi connectivity index (χ4v) is 3.49. The smallest absolute Gasteiger partial charge is 0.265 e. The Hall–Kier alpha value is -1.60. The van der Waals surface area contributed by atoms with Gasteiger partial charge in [0.1, 0.15) is 10.7 Å². The lowest BCUT2D eigenvalue weighted by atomic mass is 10.0. The van der Waals surface area contributed by atoms with Crippen LogP contribution in [0.15, 0.2) is 12.2 Å². The van der Waals surface area contributed by atoms with Crippen molar-refractivity contribution in [3.05, 3.63) is 17.0 Å². The number of nitrogens with one attached hydrogen (secondary N) is 1. The van der Waals surface area contributed by atoms with E-state index >= 15 is 0 Å². The molecule has 0 bridgehead atoms. The predicted molar refractivity (Wildman–Crippen MR) is 83.8 cm³/mol. The molecule has 1 aliphatic carbocycles. The van der Waals surface area contributed by atoms with E-state index in [1.54, 1.807) is 0 Å². The van der Waals surface area contributed by atoms with Crippen molar-refractivity contribution < 1.29 is 9.53 Å². The van der Waals surface area contributed by atoms with Crippen LogP contribution in [0, 0.1) is 0 Å². The zero-order chi connectivity index (χ0) is 14.7. The molecule has 1 unspecified atom stereocenters. The molecule has 2 heterocycles. The zero-order valence-corrected chi connectivity index (χ0v) is 12.7. The van der Waals surface area contributed by atoms with Gasteiger partial charge in [-0.3, -0.25) is 4.79 Å². The highest BCUT2D eigenvalue weighted by Gasteiger charge is 2.22. The standard InChI is InChI=1S/C14H20N4O2S/c15-12-11(13(19)16-10-4-2-1-3-5-10)21-14(17-12)18-6-8-20-9-7-18/h1-2,10H,3-9,15H2,(H,16,19). The number of amides is 1. The molecule has 3 N–H and O–H groups in total. The number of hydrogen-bond donors (Lipinski definition) is 2. The number of rotatable bonds is 3. The fraction of sp³-hybridized carbons (Fsp3) is 0.571. The highest BCUT2D eigenvalue weighted by atomic mass is 32.1. The van der Waals surface area contributed by atoms with Crippen LogP contribution in [0.3, 0.4) is 0 Å². The average molecular weight is 308 g/mol. The maximum atomic E-state index is 12.3. The molecule has 1 aliphatic heterocycles. The number of anilines is 2. The minimum atomic E-state index is -0.107. The van der Waals surface area contributed by atoms with Crippen molar-refractivity contribution in [2.24, 2.45) is 0 Å². The maximum absolute atomic E-state index is 12.3. The molecule has 114 valence electrons. The fourth-order valence-electron chi connectivity index (χ4n) is 2.55. The number of nitrogens with zero attached hydrogens (tertiary/aromatic N) is 2. The molecule has 0 spiro atoms. The van der Waals surface area contributed by atoms with E-state index in [1.165, 1.54) is 11.3 Å². The third-order valence-corrected chi connectivity index (χ3v) is 4.86. The first-order valence-corrected chi connectivity index (χ1v) is 8.10. The number of carbonyl (C=O) groups excluding carboxylic acids is 1. The van der Waals surface area contributed by atoms with E-state index in [0.717, 1.165) is 37.5 Å². The van der Waals surface area contributed by atoms with E-state index in [1.807, 2.05) is 0 Å². The highest BCUT2D eigenvalue weighted by Crippen LogP contribution is 2.29. The molecule has 1 amide bonds. The monoisotopic (exact) mass is 308 g/mol. The third-order valence-electron chi connectivity index (χ3n) is 3.73. The van der Waals surface area contributed by atoms with Gasteiger partial charge in [-0.25, -0.2) is 4.98 Å². The minimum Gasteiger partial charge on any atom is -0.382 e. The van der Waals surface area contributed by atoms with Crippen LogP contribution in [-0.4, -0.2) is 43.2 Å². The molecule has 6 nitrogen and oxygen atoms in total. The van der Waals surface area contributed by atoms with Crippen molar-refractivity contribution in [3.63, 3.8) is 0 Å². The van der Waals surface area contributed by atoms with E-state index < -0.39 is 0 Å². The van der Waals surface area contributed by atoms with Crippen LogP contribution in [0.2, 0.25) is 0 Å². The van der Waals surface area contributed by atoms with Gasteiger partial charge in [-0.1, -0.05) is 23.5 Å². The molecule has 21 heavy (non-hydrogen) atoms. The number of ether oxygens (including phenoxy) is 1. The van der Waals surface area contributed by atoms with E-state index in [4.69, 9.17) is 10.5 Å². The van der Waals surface area contributed by atoms with Gasteiger partial charge < -0.3 is 20.7 Å². The van der Waals surface area contributed by atoms with Crippen molar-refractivity contribution in [2.75, 3.05) is 36.9 Å². The lowest BCUT2D eigenvalue weighted by molar-refractivity contribution is 0.0939. The summed E-state index contributed by atoms with van der Waals surface area (Å²) in [6.45, 7) is 2.97. The predicted octanol–water partition coefficient (Wildman–Crippen LogP) is 1.40. The molecule has 1 saturated heterocycles. The molecule has 0 saturated carbocycles. The lowest BCUT2D eigenvalue weighted by Gasteiger charge is -2.25. The molecule has 3 rings (SSSR count). The van der Waals surface area contributed by atoms with Crippen LogP contribution in [0.1, 0.15) is 28.9 Å². The Morgan fingerprint density at radius 2 is 2.24 bits per heavy atom. The van der Waals surface area contributed by atoms with E-state index in [9.17, 15) is 4.79 Å². The number of morpholine rings is 1. The Labute approximate surface area is 128 Å². The maximum Gasteiger partial charge on any atom is 0.265 e. The molecule has 2 aliphatic rings. The van der Waals surface area contributed by atoms with Crippen LogP contribution in [0.4, 0.5) is 10.9 Å². The van der Waals surface area contributed by atoms with E-state index in [2.05, 4.69) is 27.4 Å². The first-order valence-electron chi connectivity index (χ1n) is 7.29. The van der Waals surface area contributed by atoms with Gasteiger partial charge in [-0.05, 0) is 19.3 Å². The van der Waals surface area contributed by atoms with Crippen LogP contribution >= 0.6 is 11.3 Å². The first kappa shape index (κ1) is 14.3. The normalized spacial score (nSPS) is 22.3. The molecular formula is C14H20N4O2S. The summed E-state index contributed by atoms with van der Waals surface area (Å²) in [6.07, 6.45) is 7.16. The topological polar surface area (TPSA) is 80.5 Å². The Morgan fingerprint density at radius 3 is 2.95 bits per heavy atom. The van der Waals surface area contributed by atoms with E-state index in [-0.39, 0.29) is 11.9 Å². The SMILES string of the molecule is Nc1nc(N2CCOCC2)sc1C(=O)NC1CC=CCC1. The lowest BCUT2D eigenvalue weighted by Crippen LogP contribution is -2.36. The van der Waals surface area contributed by atoms with Gasteiger partial charge in [0, 0.05) is 19.1 Å². The molecule has 0 radical (unpaired) electrons. The zero-order valence-electron chi connectivity index (χ0n) is 11.9. The summed E-state index contributed by atoms with van der Waals surface area (Å²) in [5.41, 5.74) is 5.92. The summed E-state index contributed by atoms with van der Waals surface area (Å²) < 4.78 is 5.32. The number of thiazole rings is 1. The number of nitrogen functional groups attached to an aromatic ring is 1. The van der Waals surface area contributed by atoms with Crippen molar-refractivity contribution in [1.29, 1.82) is 0 Å². The summed E-state index contributed by atoms with van der Waals surface area (Å²) in [6, 6.07) is 0.204. The first-order chi connectivity index (χ1) is 10.2. The summed E-state index contributed by atoms with van der Waals surface area (Å²) in [5.74, 6) is 0.218. The Bertz CT molecular complexity index is 537. The van der Waals surface area contributed by atoms with Gasteiger partial charge in [0.25, 0.3) is 5.91 Å². The Morgan fingerprint density at radius 1 is 1.43 bits per heavy atom. The van der Waals surface area contributed by atoms with Crippen molar-refractivity contribution in [1.82, 2.24) is 10.3 Å². The summed E-state index contributed by atoms with van der Waals surface area (Å²) >= 11 is 1.37. The van der Waals surface area contributed by atoms with Gasteiger partial charge in [-0.15, -0.1) is 0 Å². The molecule has 1 aromatic heterocycles. The van der Waals surface area contributed by atoms with Gasteiger partial charge in [-0.2, -0.15) is 0 Å². The quantitative estimate of drug-likeness (QED) is 0.825. The molecule has 0 aromatic carbocycles. The molecule has 1 atom stereocenters. The second-order valence-electron chi connectivity index (χ2n) is 5.27. The third kappa shape index (κ3) is 3.36. The van der Waals surface area contributed by atoms with Gasteiger partial charge in [0.2, 0.25) is 0 Å². The number of allylic oxidation sites excluding steroid dienone is 1. The second-order valence-corrected chi connectivity index (χ2v) is 6.24. The summed E-state index contributed by atoms with van der Waals surface area (Å²) in [4.78, 5) is 19.3. The van der Waals surface area contributed by atoms with Gasteiger partial charge in [0.05, 0.1) is 13.2 Å². The van der Waals surface area contributed by atoms with Gasteiger partial charge >= 0.3 is 0 Å². The van der Waals surface area contributed by atoms with Crippen LogP contribution in [0.5, 0.6) is 0 Å². The van der Waals surface area contributed by atoms with Crippen LogP contribution < -0.4 is 16.0 Å². The largest absolute Gasteiger partial charge is 0.382 e. The molecular weight excluding hydrogens is 288 g/mol. The second kappa shape index (κ2) is 6.44. The van der Waals surface area contributed by atoms with Crippen LogP contribution in [-0.2, 0) is 4.74 Å². The van der Waals surface area contributed by atoms with Gasteiger partial charge in [0.15, 0.2) is 5.13 Å². The summed E-state index contributed by atoms with van der Waals surface area (Å²) in [7, 11) is 0. The highest BCUT2D eigenvalue weighted by molar-refractivity contribution is 7.18.